The quantitative estimate of drug-likeness (QED) is 0.281. The normalized spacial score (nSPS) is 14.6. The minimum Gasteiger partial charge on any atom is -0.352 e. The first-order valence-corrected chi connectivity index (χ1v) is 15.0. The molecule has 0 spiro atoms. The Morgan fingerprint density at radius 1 is 0.947 bits per heavy atom. The van der Waals surface area contributed by atoms with E-state index in [1.807, 2.05) is 79.7 Å². The smallest absolute Gasteiger partial charge is 0.243 e. The summed E-state index contributed by atoms with van der Waals surface area (Å²) in [5, 5.41) is 4.01. The Hall–Kier alpha value is -2.76. The summed E-state index contributed by atoms with van der Waals surface area (Å²) >= 11 is 7.87. The third kappa shape index (κ3) is 8.37. The van der Waals surface area contributed by atoms with Crippen molar-refractivity contribution in [2.24, 2.45) is 0 Å². The van der Waals surface area contributed by atoms with Gasteiger partial charge in [-0.1, -0.05) is 109 Å². The summed E-state index contributed by atoms with van der Waals surface area (Å²) in [7, 11) is 0. The van der Waals surface area contributed by atoms with Crippen molar-refractivity contribution >= 4 is 35.2 Å². The van der Waals surface area contributed by atoms with E-state index >= 15 is 0 Å². The van der Waals surface area contributed by atoms with Gasteiger partial charge in [0.15, 0.2) is 0 Å². The van der Waals surface area contributed by atoms with E-state index in [2.05, 4.69) is 11.4 Å². The lowest BCUT2D eigenvalue weighted by Gasteiger charge is -2.33. The van der Waals surface area contributed by atoms with Crippen LogP contribution in [-0.2, 0) is 28.3 Å². The highest BCUT2D eigenvalue weighted by atomic mass is 35.5. The van der Waals surface area contributed by atoms with Crippen LogP contribution in [0.3, 0.4) is 0 Å². The molecule has 1 saturated carbocycles. The Morgan fingerprint density at radius 2 is 1.66 bits per heavy atom. The van der Waals surface area contributed by atoms with E-state index in [0.29, 0.717) is 23.7 Å². The predicted molar refractivity (Wildman–Crippen MR) is 158 cm³/mol. The molecular formula is C32H37ClN2O2S. The monoisotopic (exact) mass is 548 g/mol. The third-order valence-electron chi connectivity index (χ3n) is 7.10. The Labute approximate surface area is 236 Å². The van der Waals surface area contributed by atoms with Gasteiger partial charge in [-0.2, -0.15) is 0 Å². The highest BCUT2D eigenvalue weighted by molar-refractivity contribution is 7.99. The molecule has 1 aliphatic rings. The lowest BCUT2D eigenvalue weighted by Crippen LogP contribution is -2.53. The largest absolute Gasteiger partial charge is 0.352 e. The molecule has 3 aromatic rings. The Morgan fingerprint density at radius 3 is 2.39 bits per heavy atom. The number of nitrogens with zero attached hydrogens (tertiary/aromatic N) is 1. The second-order valence-corrected chi connectivity index (χ2v) is 11.5. The summed E-state index contributed by atoms with van der Waals surface area (Å²) in [4.78, 5) is 29.4. The minimum atomic E-state index is -0.590. The van der Waals surface area contributed by atoms with Gasteiger partial charge in [-0.05, 0) is 42.5 Å². The summed E-state index contributed by atoms with van der Waals surface area (Å²) in [6.45, 7) is 2.44. The summed E-state index contributed by atoms with van der Waals surface area (Å²) in [5.41, 5.74) is 4.21. The van der Waals surface area contributed by atoms with E-state index in [4.69, 9.17) is 11.6 Å². The molecule has 3 aromatic carbocycles. The van der Waals surface area contributed by atoms with E-state index in [1.165, 1.54) is 18.2 Å². The predicted octanol–water partition coefficient (Wildman–Crippen LogP) is 6.97. The van der Waals surface area contributed by atoms with Crippen LogP contribution in [0.2, 0.25) is 5.02 Å². The molecule has 200 valence electrons. The average molecular weight is 549 g/mol. The fraction of sp³-hybridized carbons (Fsp3) is 0.375. The van der Waals surface area contributed by atoms with Crippen LogP contribution in [0.15, 0.2) is 78.9 Å². The van der Waals surface area contributed by atoms with E-state index < -0.39 is 6.04 Å². The van der Waals surface area contributed by atoms with Crippen LogP contribution < -0.4 is 5.32 Å². The maximum Gasteiger partial charge on any atom is 0.243 e. The summed E-state index contributed by atoms with van der Waals surface area (Å²) < 4.78 is 0. The molecule has 0 heterocycles. The van der Waals surface area contributed by atoms with E-state index in [-0.39, 0.29) is 23.6 Å². The molecule has 0 bridgehead atoms. The summed E-state index contributed by atoms with van der Waals surface area (Å²) in [6, 6.07) is 25.5. The zero-order valence-corrected chi connectivity index (χ0v) is 23.6. The van der Waals surface area contributed by atoms with Crippen LogP contribution in [0, 0.1) is 6.92 Å². The number of hydrogen-bond acceptors (Lipinski definition) is 3. The van der Waals surface area contributed by atoms with Crippen LogP contribution in [0.25, 0.3) is 0 Å². The summed E-state index contributed by atoms with van der Waals surface area (Å²) in [5.74, 6) is 0.821. The van der Waals surface area contributed by atoms with Crippen LogP contribution in [0.1, 0.15) is 54.4 Å². The molecule has 38 heavy (non-hydrogen) atoms. The van der Waals surface area contributed by atoms with Gasteiger partial charge in [-0.15, -0.1) is 11.8 Å². The highest BCUT2D eigenvalue weighted by Crippen LogP contribution is 2.23. The van der Waals surface area contributed by atoms with Gasteiger partial charge in [-0.25, -0.2) is 0 Å². The lowest BCUT2D eigenvalue weighted by molar-refractivity contribution is -0.139. The molecule has 0 saturated heterocycles. The number of rotatable bonds is 11. The number of carbonyl (C=O) groups is 2. The van der Waals surface area contributed by atoms with Crippen molar-refractivity contribution in [3.63, 3.8) is 0 Å². The number of nitrogens with one attached hydrogen (secondary N) is 1. The van der Waals surface area contributed by atoms with E-state index in [0.717, 1.165) is 47.9 Å². The van der Waals surface area contributed by atoms with Crippen molar-refractivity contribution in [3.8, 4) is 0 Å². The zero-order valence-electron chi connectivity index (χ0n) is 22.1. The number of amides is 2. The molecule has 0 aliphatic heterocycles. The Bertz CT molecular complexity index is 1200. The number of hydrogen-bond donors (Lipinski definition) is 1. The molecule has 1 aliphatic carbocycles. The van der Waals surface area contributed by atoms with Crippen LogP contribution in [-0.4, -0.2) is 34.6 Å². The first-order chi connectivity index (χ1) is 18.5. The number of benzene rings is 3. The molecule has 1 atom stereocenters. The van der Waals surface area contributed by atoms with Gasteiger partial charge in [0.1, 0.15) is 6.04 Å². The van der Waals surface area contributed by atoms with Crippen molar-refractivity contribution in [3.05, 3.63) is 106 Å². The van der Waals surface area contributed by atoms with Crippen molar-refractivity contribution in [2.45, 2.75) is 69.8 Å². The van der Waals surface area contributed by atoms with Crippen LogP contribution >= 0.6 is 23.4 Å². The minimum absolute atomic E-state index is 0.0386. The molecule has 1 N–H and O–H groups in total. The zero-order chi connectivity index (χ0) is 26.7. The number of thioether (sulfide) groups is 1. The van der Waals surface area contributed by atoms with Crippen molar-refractivity contribution in [2.75, 3.05) is 5.75 Å². The van der Waals surface area contributed by atoms with Crippen LogP contribution in [0.5, 0.6) is 0 Å². The lowest BCUT2D eigenvalue weighted by atomic mass is 9.94. The van der Waals surface area contributed by atoms with Gasteiger partial charge < -0.3 is 10.2 Å². The standard InChI is InChI=1S/C32H37ClN2O2S/c1-24-11-10-14-26(19-24)21-35(31(36)23-38-22-27-15-8-9-18-29(27)33)30(20-25-12-4-2-5-13-25)32(37)34-28-16-6-3-7-17-28/h2,4-5,8-15,18-19,28,30H,3,6-7,16-17,20-23H2,1H3,(H,34,37). The SMILES string of the molecule is Cc1cccc(CN(C(=O)CSCc2ccccc2Cl)C(Cc2ccccc2)C(=O)NC2CCCCC2)c1. The third-order valence-corrected chi connectivity index (χ3v) is 8.43. The van der Waals surface area contributed by atoms with E-state index in [1.54, 1.807) is 4.90 Å². The second kappa shape index (κ2) is 14.4. The van der Waals surface area contributed by atoms with Gasteiger partial charge in [0.05, 0.1) is 5.75 Å². The maximum absolute atomic E-state index is 13.8. The van der Waals surface area contributed by atoms with Gasteiger partial charge in [0, 0.05) is 29.8 Å². The first kappa shape index (κ1) is 28.3. The van der Waals surface area contributed by atoms with Crippen molar-refractivity contribution < 1.29 is 9.59 Å². The molecule has 0 radical (unpaired) electrons. The van der Waals surface area contributed by atoms with Gasteiger partial charge in [-0.3, -0.25) is 9.59 Å². The van der Waals surface area contributed by atoms with Crippen molar-refractivity contribution in [1.29, 1.82) is 0 Å². The molecule has 6 heteroatoms. The molecule has 1 fully saturated rings. The summed E-state index contributed by atoms with van der Waals surface area (Å²) in [6.07, 6.45) is 5.98. The number of halogens is 1. The molecule has 1 unspecified atom stereocenters. The first-order valence-electron chi connectivity index (χ1n) is 13.5. The van der Waals surface area contributed by atoms with E-state index in [9.17, 15) is 9.59 Å². The molecular weight excluding hydrogens is 512 g/mol. The molecule has 0 aromatic heterocycles. The highest BCUT2D eigenvalue weighted by Gasteiger charge is 2.31. The molecule has 2 amide bonds. The maximum atomic E-state index is 13.8. The molecule has 4 nitrogen and oxygen atoms in total. The fourth-order valence-electron chi connectivity index (χ4n) is 5.05. The second-order valence-electron chi connectivity index (χ2n) is 10.1. The topological polar surface area (TPSA) is 49.4 Å². The number of aryl methyl sites for hydroxylation is 1. The average Bonchev–Trinajstić information content (AvgIpc) is 2.93. The Balaban J connectivity index is 1.57. The van der Waals surface area contributed by atoms with Gasteiger partial charge in [0.25, 0.3) is 0 Å². The molecule has 4 rings (SSSR count). The fourth-order valence-corrected chi connectivity index (χ4v) is 6.25. The Kier molecular flexibility index (Phi) is 10.7. The number of carbonyl (C=O) groups excluding carboxylic acids is 2. The van der Waals surface area contributed by atoms with Gasteiger partial charge in [0.2, 0.25) is 11.8 Å². The van der Waals surface area contributed by atoms with Crippen molar-refractivity contribution in [1.82, 2.24) is 10.2 Å². The van der Waals surface area contributed by atoms with Gasteiger partial charge >= 0.3 is 0 Å². The van der Waals surface area contributed by atoms with Crippen LogP contribution in [0.4, 0.5) is 0 Å².